The van der Waals surface area contributed by atoms with E-state index in [2.05, 4.69) is 24.4 Å². The summed E-state index contributed by atoms with van der Waals surface area (Å²) < 4.78 is 0. The minimum absolute atomic E-state index is 0.182. The van der Waals surface area contributed by atoms with Crippen molar-refractivity contribution in [1.29, 1.82) is 0 Å². The van der Waals surface area contributed by atoms with Gasteiger partial charge in [0, 0.05) is 5.69 Å². The van der Waals surface area contributed by atoms with E-state index in [0.29, 0.717) is 0 Å². The zero-order chi connectivity index (χ0) is 10.7. The number of hydrogen-bond acceptors (Lipinski definition) is 2. The van der Waals surface area contributed by atoms with Gasteiger partial charge < -0.3 is 10.4 Å². The van der Waals surface area contributed by atoms with Crippen LogP contribution in [0.2, 0.25) is 0 Å². The SMILES string of the molecule is Cc1ccccc1N[C@@H]1CCCC[C@@H]1O. The minimum Gasteiger partial charge on any atom is -0.391 e. The minimum atomic E-state index is -0.182. The molecule has 0 radical (unpaired) electrons. The van der Waals surface area contributed by atoms with Crippen molar-refractivity contribution in [3.8, 4) is 0 Å². The summed E-state index contributed by atoms with van der Waals surface area (Å²) in [6, 6.07) is 8.48. The Morgan fingerprint density at radius 2 is 1.93 bits per heavy atom. The molecule has 1 aliphatic rings. The summed E-state index contributed by atoms with van der Waals surface area (Å²) in [4.78, 5) is 0. The second kappa shape index (κ2) is 4.67. The van der Waals surface area contributed by atoms with Crippen molar-refractivity contribution in [2.45, 2.75) is 44.8 Å². The van der Waals surface area contributed by atoms with Gasteiger partial charge in [-0.2, -0.15) is 0 Å². The molecule has 82 valence electrons. The fourth-order valence-electron chi connectivity index (χ4n) is 2.21. The number of aliphatic hydroxyl groups is 1. The molecule has 2 heteroatoms. The maximum atomic E-state index is 9.86. The monoisotopic (exact) mass is 205 g/mol. The van der Waals surface area contributed by atoms with Crippen molar-refractivity contribution in [1.82, 2.24) is 0 Å². The number of aryl methyl sites for hydroxylation is 1. The van der Waals surface area contributed by atoms with Crippen molar-refractivity contribution in [3.05, 3.63) is 29.8 Å². The van der Waals surface area contributed by atoms with Gasteiger partial charge in [-0.15, -0.1) is 0 Å². The van der Waals surface area contributed by atoms with Crippen molar-refractivity contribution < 1.29 is 5.11 Å². The van der Waals surface area contributed by atoms with Gasteiger partial charge in [-0.3, -0.25) is 0 Å². The molecule has 0 aromatic heterocycles. The second-order valence-corrected chi connectivity index (χ2v) is 4.42. The average molecular weight is 205 g/mol. The summed E-state index contributed by atoms with van der Waals surface area (Å²) in [7, 11) is 0. The topological polar surface area (TPSA) is 32.3 Å². The van der Waals surface area contributed by atoms with Gasteiger partial charge in [-0.25, -0.2) is 0 Å². The maximum Gasteiger partial charge on any atom is 0.0741 e. The summed E-state index contributed by atoms with van der Waals surface area (Å²) in [6.45, 7) is 2.09. The van der Waals surface area contributed by atoms with E-state index in [-0.39, 0.29) is 12.1 Å². The van der Waals surface area contributed by atoms with Gasteiger partial charge in [0.05, 0.1) is 12.1 Å². The summed E-state index contributed by atoms with van der Waals surface area (Å²) in [5, 5.41) is 13.3. The van der Waals surface area contributed by atoms with E-state index in [4.69, 9.17) is 0 Å². The number of aliphatic hydroxyl groups excluding tert-OH is 1. The first kappa shape index (κ1) is 10.5. The van der Waals surface area contributed by atoms with E-state index in [9.17, 15) is 5.11 Å². The quantitative estimate of drug-likeness (QED) is 0.778. The van der Waals surface area contributed by atoms with Crippen LogP contribution in [0.4, 0.5) is 5.69 Å². The number of para-hydroxylation sites is 1. The Labute approximate surface area is 91.3 Å². The van der Waals surface area contributed by atoms with Gasteiger partial charge in [0.1, 0.15) is 0 Å². The summed E-state index contributed by atoms with van der Waals surface area (Å²) in [5.41, 5.74) is 2.40. The molecule has 0 aliphatic heterocycles. The zero-order valence-corrected chi connectivity index (χ0v) is 9.24. The lowest BCUT2D eigenvalue weighted by Crippen LogP contribution is -2.36. The number of nitrogens with one attached hydrogen (secondary N) is 1. The van der Waals surface area contributed by atoms with Crippen molar-refractivity contribution in [3.63, 3.8) is 0 Å². The van der Waals surface area contributed by atoms with Crippen molar-refractivity contribution in [2.24, 2.45) is 0 Å². The molecule has 15 heavy (non-hydrogen) atoms. The molecule has 1 saturated carbocycles. The molecule has 2 nitrogen and oxygen atoms in total. The average Bonchev–Trinajstić information content (AvgIpc) is 2.24. The summed E-state index contributed by atoms with van der Waals surface area (Å²) in [5.74, 6) is 0. The third-order valence-corrected chi connectivity index (χ3v) is 3.22. The van der Waals surface area contributed by atoms with E-state index < -0.39 is 0 Å². The lowest BCUT2D eigenvalue weighted by Gasteiger charge is -2.29. The molecule has 2 atom stereocenters. The molecule has 0 bridgehead atoms. The molecule has 2 N–H and O–H groups in total. The zero-order valence-electron chi connectivity index (χ0n) is 9.24. The van der Waals surface area contributed by atoms with Crippen LogP contribution in [-0.2, 0) is 0 Å². The Morgan fingerprint density at radius 3 is 2.67 bits per heavy atom. The molecule has 0 heterocycles. The highest BCUT2D eigenvalue weighted by Gasteiger charge is 2.22. The van der Waals surface area contributed by atoms with Crippen molar-refractivity contribution >= 4 is 5.69 Å². The highest BCUT2D eigenvalue weighted by atomic mass is 16.3. The van der Waals surface area contributed by atoms with Gasteiger partial charge in [0.15, 0.2) is 0 Å². The predicted molar refractivity (Wildman–Crippen MR) is 63.1 cm³/mol. The van der Waals surface area contributed by atoms with Crippen LogP contribution >= 0.6 is 0 Å². The molecule has 0 saturated heterocycles. The highest BCUT2D eigenvalue weighted by Crippen LogP contribution is 2.23. The summed E-state index contributed by atoms with van der Waals surface area (Å²) >= 11 is 0. The smallest absolute Gasteiger partial charge is 0.0741 e. The molecule has 0 spiro atoms. The molecule has 1 fully saturated rings. The predicted octanol–water partition coefficient (Wildman–Crippen LogP) is 2.71. The molecule has 2 rings (SSSR count). The second-order valence-electron chi connectivity index (χ2n) is 4.42. The highest BCUT2D eigenvalue weighted by molar-refractivity contribution is 5.51. The van der Waals surface area contributed by atoms with Crippen LogP contribution in [0.3, 0.4) is 0 Å². The molecular formula is C13H19NO. The Morgan fingerprint density at radius 1 is 1.20 bits per heavy atom. The Bertz CT molecular complexity index is 324. The van der Waals surface area contributed by atoms with Crippen LogP contribution in [0.25, 0.3) is 0 Å². The molecule has 0 unspecified atom stereocenters. The first-order valence-corrected chi connectivity index (χ1v) is 5.77. The van der Waals surface area contributed by atoms with Gasteiger partial charge in [-0.05, 0) is 31.4 Å². The Balaban J connectivity index is 2.04. The number of benzene rings is 1. The van der Waals surface area contributed by atoms with Crippen LogP contribution in [0.5, 0.6) is 0 Å². The van der Waals surface area contributed by atoms with E-state index in [0.717, 1.165) is 24.9 Å². The maximum absolute atomic E-state index is 9.86. The van der Waals surface area contributed by atoms with E-state index in [1.807, 2.05) is 12.1 Å². The number of anilines is 1. The van der Waals surface area contributed by atoms with Gasteiger partial charge >= 0.3 is 0 Å². The Hall–Kier alpha value is -1.02. The largest absolute Gasteiger partial charge is 0.391 e. The van der Waals surface area contributed by atoms with Crippen LogP contribution in [0.15, 0.2) is 24.3 Å². The summed E-state index contributed by atoms with van der Waals surface area (Å²) in [6.07, 6.45) is 4.21. The van der Waals surface area contributed by atoms with E-state index in [1.165, 1.54) is 12.0 Å². The van der Waals surface area contributed by atoms with Gasteiger partial charge in [-0.1, -0.05) is 31.0 Å². The van der Waals surface area contributed by atoms with Crippen molar-refractivity contribution in [2.75, 3.05) is 5.32 Å². The fraction of sp³-hybridized carbons (Fsp3) is 0.538. The lowest BCUT2D eigenvalue weighted by molar-refractivity contribution is 0.116. The van der Waals surface area contributed by atoms with Crippen LogP contribution < -0.4 is 5.32 Å². The molecular weight excluding hydrogens is 186 g/mol. The molecule has 0 amide bonds. The number of hydrogen-bond donors (Lipinski definition) is 2. The lowest BCUT2D eigenvalue weighted by atomic mass is 9.92. The standard InChI is InChI=1S/C13H19NO/c1-10-6-2-3-7-11(10)14-12-8-4-5-9-13(12)15/h2-3,6-7,12-15H,4-5,8-9H2,1H3/t12-,13+/m1/s1. The Kier molecular flexibility index (Phi) is 3.27. The van der Waals surface area contributed by atoms with Gasteiger partial charge in [0.2, 0.25) is 0 Å². The molecule has 1 aromatic carbocycles. The fourth-order valence-corrected chi connectivity index (χ4v) is 2.21. The third-order valence-electron chi connectivity index (χ3n) is 3.22. The van der Waals surface area contributed by atoms with E-state index >= 15 is 0 Å². The van der Waals surface area contributed by atoms with E-state index in [1.54, 1.807) is 0 Å². The van der Waals surface area contributed by atoms with Crippen LogP contribution in [-0.4, -0.2) is 17.3 Å². The number of rotatable bonds is 2. The first-order valence-electron chi connectivity index (χ1n) is 5.77. The molecule has 1 aliphatic carbocycles. The normalized spacial score (nSPS) is 26.3. The first-order chi connectivity index (χ1) is 7.27. The third kappa shape index (κ3) is 2.51. The molecule has 1 aromatic rings. The van der Waals surface area contributed by atoms with Crippen LogP contribution in [0, 0.1) is 6.92 Å². The van der Waals surface area contributed by atoms with Crippen LogP contribution in [0.1, 0.15) is 31.2 Å². The van der Waals surface area contributed by atoms with Gasteiger partial charge in [0.25, 0.3) is 0 Å².